The second-order valence-electron chi connectivity index (χ2n) is 4.82. The lowest BCUT2D eigenvalue weighted by atomic mass is 10.2. The molecule has 0 amide bonds. The van der Waals surface area contributed by atoms with Crippen molar-refractivity contribution in [1.82, 2.24) is 9.88 Å². The Bertz CT molecular complexity index is 539. The lowest BCUT2D eigenvalue weighted by Gasteiger charge is -2.19. The maximum absolute atomic E-state index is 12.9. The van der Waals surface area contributed by atoms with Crippen molar-refractivity contribution in [1.29, 1.82) is 0 Å². The van der Waals surface area contributed by atoms with Gasteiger partial charge in [-0.1, -0.05) is 12.1 Å². The Hall–Kier alpha value is -1.46. The van der Waals surface area contributed by atoms with Gasteiger partial charge in [-0.2, -0.15) is 0 Å². The normalized spacial score (nSPS) is 16.1. The van der Waals surface area contributed by atoms with Crippen molar-refractivity contribution >= 4 is 16.5 Å². The van der Waals surface area contributed by atoms with E-state index in [1.54, 1.807) is 11.3 Å². The van der Waals surface area contributed by atoms with Crippen molar-refractivity contribution in [3.05, 3.63) is 46.2 Å². The molecular weight excluding hydrogens is 261 g/mol. The fraction of sp³-hybridized carbons (Fsp3) is 0.357. The van der Waals surface area contributed by atoms with E-state index in [0.717, 1.165) is 43.7 Å². The molecule has 100 valence electrons. The largest absolute Gasteiger partial charge is 0.375 e. The molecule has 2 aromatic rings. The van der Waals surface area contributed by atoms with E-state index < -0.39 is 0 Å². The number of nitrogens with zero attached hydrogens (tertiary/aromatic N) is 2. The van der Waals surface area contributed by atoms with Crippen molar-refractivity contribution < 1.29 is 4.39 Å². The Balaban J connectivity index is 1.65. The van der Waals surface area contributed by atoms with Crippen LogP contribution in [0.4, 0.5) is 9.52 Å². The molecule has 3 rings (SSSR count). The fourth-order valence-electron chi connectivity index (χ4n) is 2.44. The van der Waals surface area contributed by atoms with Crippen molar-refractivity contribution in [3.8, 4) is 0 Å². The van der Waals surface area contributed by atoms with E-state index in [-0.39, 0.29) is 5.82 Å². The van der Waals surface area contributed by atoms with Crippen LogP contribution in [0, 0.1) is 5.82 Å². The van der Waals surface area contributed by atoms with E-state index >= 15 is 0 Å². The van der Waals surface area contributed by atoms with Gasteiger partial charge in [-0.05, 0) is 24.1 Å². The maximum atomic E-state index is 12.9. The Morgan fingerprint density at radius 3 is 2.74 bits per heavy atom. The molecular formula is C14H16FN3S. The summed E-state index contributed by atoms with van der Waals surface area (Å²) in [4.78, 5) is 8.09. The van der Waals surface area contributed by atoms with Crippen LogP contribution in [0.5, 0.6) is 0 Å². The lowest BCUT2D eigenvalue weighted by Crippen LogP contribution is -2.26. The van der Waals surface area contributed by atoms with Crippen LogP contribution in [0.15, 0.2) is 24.3 Å². The summed E-state index contributed by atoms with van der Waals surface area (Å²) < 4.78 is 12.9. The maximum Gasteiger partial charge on any atom is 0.180 e. The summed E-state index contributed by atoms with van der Waals surface area (Å²) in [5.74, 6) is -0.179. The molecule has 0 atom stereocenters. The number of fused-ring (bicyclic) bond motifs is 1. The minimum absolute atomic E-state index is 0.179. The summed E-state index contributed by atoms with van der Waals surface area (Å²) in [6, 6.07) is 6.75. The van der Waals surface area contributed by atoms with Gasteiger partial charge >= 0.3 is 0 Å². The molecule has 1 aliphatic heterocycles. The minimum Gasteiger partial charge on any atom is -0.375 e. The minimum atomic E-state index is -0.179. The molecule has 19 heavy (non-hydrogen) atoms. The van der Waals surface area contributed by atoms with E-state index in [0.29, 0.717) is 5.13 Å². The average molecular weight is 277 g/mol. The first-order valence-corrected chi connectivity index (χ1v) is 7.23. The Labute approximate surface area is 115 Å². The number of thiazole rings is 1. The second-order valence-corrected chi connectivity index (χ2v) is 5.94. The number of halogens is 1. The molecule has 0 aliphatic carbocycles. The molecule has 0 bridgehead atoms. The third kappa shape index (κ3) is 2.93. The molecule has 2 N–H and O–H groups in total. The number of anilines is 1. The monoisotopic (exact) mass is 277 g/mol. The summed E-state index contributed by atoms with van der Waals surface area (Å²) in [5, 5.41) is 0.678. The topological polar surface area (TPSA) is 42.1 Å². The number of hydrogen-bond donors (Lipinski definition) is 1. The third-order valence-corrected chi connectivity index (χ3v) is 4.42. The average Bonchev–Trinajstić information content (AvgIpc) is 2.66. The van der Waals surface area contributed by atoms with Crippen LogP contribution in [0.3, 0.4) is 0 Å². The first-order valence-electron chi connectivity index (χ1n) is 6.41. The molecule has 1 aliphatic rings. The molecule has 1 aromatic carbocycles. The smallest absolute Gasteiger partial charge is 0.180 e. The van der Waals surface area contributed by atoms with Gasteiger partial charge in [-0.15, -0.1) is 11.3 Å². The Morgan fingerprint density at radius 2 is 1.95 bits per heavy atom. The molecule has 0 fully saturated rings. The van der Waals surface area contributed by atoms with E-state index in [1.807, 2.05) is 12.1 Å². The van der Waals surface area contributed by atoms with Gasteiger partial charge < -0.3 is 5.73 Å². The van der Waals surface area contributed by atoms with Crippen LogP contribution >= 0.6 is 11.3 Å². The number of rotatable bonds is 2. The van der Waals surface area contributed by atoms with Gasteiger partial charge in [0, 0.05) is 30.9 Å². The molecule has 2 heterocycles. The second kappa shape index (κ2) is 5.27. The van der Waals surface area contributed by atoms with Gasteiger partial charge in [-0.3, -0.25) is 4.90 Å². The van der Waals surface area contributed by atoms with Crippen LogP contribution in [0.1, 0.15) is 16.1 Å². The van der Waals surface area contributed by atoms with Gasteiger partial charge in [0.2, 0.25) is 0 Å². The first-order chi connectivity index (χ1) is 9.20. The summed E-state index contributed by atoms with van der Waals surface area (Å²) in [6.45, 7) is 2.85. The van der Waals surface area contributed by atoms with Crippen LogP contribution in [0.25, 0.3) is 0 Å². The highest BCUT2D eigenvalue weighted by atomic mass is 32.1. The highest BCUT2D eigenvalue weighted by molar-refractivity contribution is 7.15. The fourth-order valence-corrected chi connectivity index (χ4v) is 3.30. The summed E-state index contributed by atoms with van der Waals surface area (Å²) in [6.07, 6.45) is 1.95. The van der Waals surface area contributed by atoms with Crippen LogP contribution in [0.2, 0.25) is 0 Å². The molecule has 3 nitrogen and oxygen atoms in total. The number of nitrogen functional groups attached to an aromatic ring is 1. The summed E-state index contributed by atoms with van der Waals surface area (Å²) in [5.41, 5.74) is 8.05. The highest BCUT2D eigenvalue weighted by Gasteiger charge is 2.17. The molecule has 0 saturated carbocycles. The Kier molecular flexibility index (Phi) is 3.48. The lowest BCUT2D eigenvalue weighted by molar-refractivity contribution is 0.279. The molecule has 0 saturated heterocycles. The Morgan fingerprint density at radius 1 is 1.21 bits per heavy atom. The van der Waals surface area contributed by atoms with Gasteiger partial charge in [0.25, 0.3) is 0 Å². The zero-order chi connectivity index (χ0) is 13.2. The van der Waals surface area contributed by atoms with E-state index in [4.69, 9.17) is 5.73 Å². The molecule has 0 spiro atoms. The van der Waals surface area contributed by atoms with Gasteiger partial charge in [-0.25, -0.2) is 9.37 Å². The number of benzene rings is 1. The van der Waals surface area contributed by atoms with Crippen molar-refractivity contribution in [2.45, 2.75) is 19.4 Å². The van der Waals surface area contributed by atoms with Gasteiger partial charge in [0.1, 0.15) is 5.82 Å². The third-order valence-electron chi connectivity index (χ3n) is 3.43. The van der Waals surface area contributed by atoms with Gasteiger partial charge in [0.05, 0.1) is 5.69 Å². The predicted molar refractivity (Wildman–Crippen MR) is 75.6 cm³/mol. The number of aromatic nitrogens is 1. The quantitative estimate of drug-likeness (QED) is 0.917. The summed E-state index contributed by atoms with van der Waals surface area (Å²) in [7, 11) is 0. The van der Waals surface area contributed by atoms with Crippen molar-refractivity contribution in [2.24, 2.45) is 0 Å². The number of nitrogens with two attached hydrogens (primary N) is 1. The molecule has 1 aromatic heterocycles. The predicted octanol–water partition coefficient (Wildman–Crippen LogP) is 2.47. The number of hydrogen-bond acceptors (Lipinski definition) is 4. The first kappa shape index (κ1) is 12.6. The van der Waals surface area contributed by atoms with Crippen LogP contribution in [-0.4, -0.2) is 23.0 Å². The molecule has 5 heteroatoms. The molecule has 0 radical (unpaired) electrons. The van der Waals surface area contributed by atoms with Crippen LogP contribution < -0.4 is 5.73 Å². The molecule has 0 unspecified atom stereocenters. The zero-order valence-electron chi connectivity index (χ0n) is 10.6. The van der Waals surface area contributed by atoms with E-state index in [1.165, 1.54) is 17.0 Å². The summed E-state index contributed by atoms with van der Waals surface area (Å²) >= 11 is 1.60. The zero-order valence-corrected chi connectivity index (χ0v) is 11.4. The van der Waals surface area contributed by atoms with Gasteiger partial charge in [0.15, 0.2) is 5.13 Å². The van der Waals surface area contributed by atoms with E-state index in [9.17, 15) is 4.39 Å². The SMILES string of the molecule is Nc1nc2c(s1)CCN(Cc1ccc(F)cc1)CC2. The van der Waals surface area contributed by atoms with Crippen molar-refractivity contribution in [2.75, 3.05) is 18.8 Å². The van der Waals surface area contributed by atoms with E-state index in [2.05, 4.69) is 9.88 Å². The van der Waals surface area contributed by atoms with Crippen LogP contribution in [-0.2, 0) is 19.4 Å². The van der Waals surface area contributed by atoms with Crippen molar-refractivity contribution in [3.63, 3.8) is 0 Å². The standard InChI is InChI=1S/C14H16FN3S/c15-11-3-1-10(2-4-11)9-18-7-5-12-13(6-8-18)19-14(16)17-12/h1-4H,5-9H2,(H2,16,17). The highest BCUT2D eigenvalue weighted by Crippen LogP contribution is 2.24.